The third kappa shape index (κ3) is 3.17. The van der Waals surface area contributed by atoms with Crippen molar-refractivity contribution >= 4 is 5.91 Å². The molecule has 3 fully saturated rings. The summed E-state index contributed by atoms with van der Waals surface area (Å²) in [6.45, 7) is 1.07. The first-order valence-corrected chi connectivity index (χ1v) is 9.34. The largest absolute Gasteiger partial charge is 0.377 e. The van der Waals surface area contributed by atoms with Crippen LogP contribution in [0.4, 0.5) is 0 Å². The molecule has 0 bridgehead atoms. The molecule has 2 heterocycles. The van der Waals surface area contributed by atoms with E-state index >= 15 is 0 Å². The molecule has 0 unspecified atom stereocenters. The number of aromatic nitrogens is 2. The van der Waals surface area contributed by atoms with Crippen molar-refractivity contribution in [1.82, 2.24) is 14.9 Å². The number of carbonyl (C=O) groups is 1. The van der Waals surface area contributed by atoms with Crippen molar-refractivity contribution in [2.45, 2.75) is 57.2 Å². The summed E-state index contributed by atoms with van der Waals surface area (Å²) in [5.41, 5.74) is -0.899. The standard InChI is InChI=1S/C18H25N3O4/c22-13(5-8-21-9-6-14(23)20-18(21)24)19-16-12-7-10-25-17(12)15(16)11-3-1-2-4-11/h6,9,11-12,15-17H,1-5,7-8,10H2,(H,19,22)(H,20,23,24)/t12-,15+,16+,17-/m0/s1. The van der Waals surface area contributed by atoms with E-state index in [1.54, 1.807) is 0 Å². The number of carbonyl (C=O) groups excluding carboxylic acids is 1. The molecular weight excluding hydrogens is 322 g/mol. The number of nitrogens with one attached hydrogen (secondary N) is 2. The van der Waals surface area contributed by atoms with Gasteiger partial charge in [0.1, 0.15) is 0 Å². The highest BCUT2D eigenvalue weighted by Crippen LogP contribution is 2.51. The van der Waals surface area contributed by atoms with Crippen molar-refractivity contribution < 1.29 is 9.53 Å². The molecule has 2 saturated carbocycles. The molecule has 7 heteroatoms. The van der Waals surface area contributed by atoms with Gasteiger partial charge in [-0.05, 0) is 12.3 Å². The van der Waals surface area contributed by atoms with Gasteiger partial charge in [0.2, 0.25) is 5.91 Å². The fourth-order valence-corrected chi connectivity index (χ4v) is 4.96. The highest BCUT2D eigenvalue weighted by molar-refractivity contribution is 5.76. The van der Waals surface area contributed by atoms with Gasteiger partial charge in [-0.2, -0.15) is 0 Å². The molecule has 3 aliphatic rings. The minimum Gasteiger partial charge on any atom is -0.377 e. The van der Waals surface area contributed by atoms with Gasteiger partial charge in [-0.1, -0.05) is 25.7 Å². The van der Waals surface area contributed by atoms with Gasteiger partial charge in [0.05, 0.1) is 6.10 Å². The number of rotatable bonds is 5. The maximum absolute atomic E-state index is 12.4. The number of ether oxygens (including phenoxy) is 1. The Hall–Kier alpha value is -1.89. The first kappa shape index (κ1) is 16.6. The topological polar surface area (TPSA) is 93.2 Å². The first-order valence-electron chi connectivity index (χ1n) is 9.34. The van der Waals surface area contributed by atoms with Crippen LogP contribution in [0.3, 0.4) is 0 Å². The van der Waals surface area contributed by atoms with E-state index in [9.17, 15) is 14.4 Å². The van der Waals surface area contributed by atoms with Crippen LogP contribution in [0, 0.1) is 17.8 Å². The Kier molecular flexibility index (Phi) is 4.50. The van der Waals surface area contributed by atoms with Crippen LogP contribution in [0.15, 0.2) is 21.9 Å². The molecule has 1 amide bonds. The Morgan fingerprint density at radius 2 is 2.08 bits per heavy atom. The monoisotopic (exact) mass is 347 g/mol. The molecule has 136 valence electrons. The van der Waals surface area contributed by atoms with E-state index in [1.165, 1.54) is 42.5 Å². The minimum atomic E-state index is -0.475. The van der Waals surface area contributed by atoms with Gasteiger partial charge in [-0.3, -0.25) is 14.6 Å². The van der Waals surface area contributed by atoms with Gasteiger partial charge in [0.15, 0.2) is 0 Å². The fourth-order valence-electron chi connectivity index (χ4n) is 4.96. The van der Waals surface area contributed by atoms with Crippen molar-refractivity contribution in [3.05, 3.63) is 33.1 Å². The van der Waals surface area contributed by atoms with Crippen LogP contribution in [-0.2, 0) is 16.1 Å². The van der Waals surface area contributed by atoms with E-state index in [0.29, 0.717) is 23.9 Å². The maximum Gasteiger partial charge on any atom is 0.328 e. The Morgan fingerprint density at radius 1 is 1.28 bits per heavy atom. The molecule has 4 atom stereocenters. The molecule has 2 N–H and O–H groups in total. The van der Waals surface area contributed by atoms with E-state index in [2.05, 4.69) is 10.3 Å². The number of aryl methyl sites for hydroxylation is 1. The molecule has 1 aromatic heterocycles. The summed E-state index contributed by atoms with van der Waals surface area (Å²) in [6, 6.07) is 1.51. The molecule has 0 radical (unpaired) electrons. The maximum atomic E-state index is 12.4. The second-order valence-corrected chi connectivity index (χ2v) is 7.56. The van der Waals surface area contributed by atoms with Gasteiger partial charge in [0.25, 0.3) is 5.56 Å². The van der Waals surface area contributed by atoms with Gasteiger partial charge in [-0.15, -0.1) is 0 Å². The lowest BCUT2D eigenvalue weighted by atomic mass is 9.61. The number of amides is 1. The van der Waals surface area contributed by atoms with Crippen molar-refractivity contribution in [3.63, 3.8) is 0 Å². The number of H-pyrrole nitrogens is 1. The lowest BCUT2D eigenvalue weighted by molar-refractivity contribution is -0.130. The van der Waals surface area contributed by atoms with Crippen molar-refractivity contribution in [2.24, 2.45) is 17.8 Å². The normalized spacial score (nSPS) is 31.5. The number of hydrogen-bond donors (Lipinski definition) is 2. The van der Waals surface area contributed by atoms with Crippen LogP contribution in [0.1, 0.15) is 38.5 Å². The summed E-state index contributed by atoms with van der Waals surface area (Å²) >= 11 is 0. The van der Waals surface area contributed by atoms with E-state index in [0.717, 1.165) is 13.0 Å². The molecule has 1 aliphatic heterocycles. The Labute approximate surface area is 145 Å². The van der Waals surface area contributed by atoms with E-state index in [-0.39, 0.29) is 24.9 Å². The van der Waals surface area contributed by atoms with Crippen LogP contribution in [0.25, 0.3) is 0 Å². The number of nitrogens with zero attached hydrogens (tertiary/aromatic N) is 1. The van der Waals surface area contributed by atoms with Crippen LogP contribution in [-0.4, -0.2) is 34.2 Å². The van der Waals surface area contributed by atoms with Crippen molar-refractivity contribution in [3.8, 4) is 0 Å². The Bertz CT molecular complexity index is 744. The second-order valence-electron chi connectivity index (χ2n) is 7.56. The summed E-state index contributed by atoms with van der Waals surface area (Å²) in [7, 11) is 0. The zero-order valence-electron chi connectivity index (χ0n) is 14.3. The fraction of sp³-hybridized carbons (Fsp3) is 0.722. The summed E-state index contributed by atoms with van der Waals surface area (Å²) in [5, 5.41) is 3.21. The third-order valence-corrected chi connectivity index (χ3v) is 6.19. The van der Waals surface area contributed by atoms with Gasteiger partial charge in [-0.25, -0.2) is 4.79 Å². The predicted octanol–water partition coefficient (Wildman–Crippen LogP) is 0.637. The van der Waals surface area contributed by atoms with Gasteiger partial charge < -0.3 is 14.6 Å². The van der Waals surface area contributed by atoms with Crippen LogP contribution < -0.4 is 16.6 Å². The van der Waals surface area contributed by atoms with Crippen LogP contribution in [0.5, 0.6) is 0 Å². The summed E-state index contributed by atoms with van der Waals surface area (Å²) in [6.07, 6.45) is 8.08. The summed E-state index contributed by atoms with van der Waals surface area (Å²) < 4.78 is 7.27. The van der Waals surface area contributed by atoms with Crippen molar-refractivity contribution in [1.29, 1.82) is 0 Å². The third-order valence-electron chi connectivity index (χ3n) is 6.19. The van der Waals surface area contributed by atoms with E-state index < -0.39 is 11.2 Å². The smallest absolute Gasteiger partial charge is 0.328 e. The highest BCUT2D eigenvalue weighted by atomic mass is 16.5. The molecule has 25 heavy (non-hydrogen) atoms. The average Bonchev–Trinajstić information content (AvgIpc) is 3.23. The summed E-state index contributed by atoms with van der Waals surface area (Å²) in [5.74, 6) is 1.54. The first-order chi connectivity index (χ1) is 12.1. The molecule has 1 aromatic rings. The summed E-state index contributed by atoms with van der Waals surface area (Å²) in [4.78, 5) is 37.4. The van der Waals surface area contributed by atoms with Crippen LogP contribution in [0.2, 0.25) is 0 Å². The quantitative estimate of drug-likeness (QED) is 0.817. The van der Waals surface area contributed by atoms with Crippen LogP contribution >= 0.6 is 0 Å². The van der Waals surface area contributed by atoms with E-state index in [4.69, 9.17) is 4.74 Å². The van der Waals surface area contributed by atoms with Crippen molar-refractivity contribution in [2.75, 3.05) is 6.61 Å². The molecule has 4 rings (SSSR count). The molecule has 0 spiro atoms. The highest BCUT2D eigenvalue weighted by Gasteiger charge is 2.56. The second kappa shape index (κ2) is 6.78. The molecule has 7 nitrogen and oxygen atoms in total. The van der Waals surface area contributed by atoms with Gasteiger partial charge >= 0.3 is 5.69 Å². The predicted molar refractivity (Wildman–Crippen MR) is 91.2 cm³/mol. The molecule has 0 aromatic carbocycles. The zero-order chi connectivity index (χ0) is 17.4. The average molecular weight is 347 g/mol. The lowest BCUT2D eigenvalue weighted by Gasteiger charge is -2.50. The van der Waals surface area contributed by atoms with E-state index in [1.807, 2.05) is 0 Å². The zero-order valence-corrected chi connectivity index (χ0v) is 14.3. The Balaban J connectivity index is 1.36. The Morgan fingerprint density at radius 3 is 2.84 bits per heavy atom. The molecule has 2 aliphatic carbocycles. The molecular formula is C18H25N3O4. The SMILES string of the molecule is O=C(CCn1ccc(=O)[nH]c1=O)N[C@@H]1[C@@H]2CCO[C@@H]2[C@@H]1C1CCCC1. The lowest BCUT2D eigenvalue weighted by Crippen LogP contribution is -2.63. The number of fused-ring (bicyclic) bond motifs is 1. The minimum absolute atomic E-state index is 0.0311. The van der Waals surface area contributed by atoms with Gasteiger partial charge in [0, 0.05) is 49.7 Å². The number of aromatic amines is 1. The molecule has 1 saturated heterocycles. The number of hydrogen-bond acceptors (Lipinski definition) is 4.